The predicted octanol–water partition coefficient (Wildman–Crippen LogP) is 0.976. The highest BCUT2D eigenvalue weighted by atomic mass is 32.3. The fraction of sp³-hybridized carbons (Fsp3) is 1.00. The highest BCUT2D eigenvalue weighted by Gasteiger charge is 2.13. The summed E-state index contributed by atoms with van der Waals surface area (Å²) in [5.41, 5.74) is 0. The van der Waals surface area contributed by atoms with Gasteiger partial charge in [0.2, 0.25) is 0 Å². The summed E-state index contributed by atoms with van der Waals surface area (Å²) < 4.78 is 18.3. The molecule has 1 fully saturated rings. The van der Waals surface area contributed by atoms with Crippen LogP contribution < -0.4 is 5.32 Å². The van der Waals surface area contributed by atoms with E-state index in [-0.39, 0.29) is 1.43 Å². The summed E-state index contributed by atoms with van der Waals surface area (Å²) in [5.74, 6) is 1.12. The van der Waals surface area contributed by atoms with E-state index in [1.807, 2.05) is 0 Å². The zero-order chi connectivity index (χ0) is 6.74. The van der Waals surface area contributed by atoms with Crippen LogP contribution in [0.4, 0.5) is 0 Å². The Morgan fingerprint density at radius 1 is 1.22 bits per heavy atom. The van der Waals surface area contributed by atoms with Crippen molar-refractivity contribution in [3.05, 3.63) is 0 Å². The second kappa shape index (κ2) is 2.88. The van der Waals surface area contributed by atoms with Crippen molar-refractivity contribution < 1.29 is 10.5 Å². The van der Waals surface area contributed by atoms with Gasteiger partial charge in [-0.25, -0.2) is 0 Å². The average molecular weight is 153 g/mol. The normalized spacial score (nSPS) is 30.9. The summed E-state index contributed by atoms with van der Waals surface area (Å²) in [6.07, 6.45) is 0.891. The topological polar surface area (TPSA) is 52.5 Å². The maximum absolute atomic E-state index is 9.15. The van der Waals surface area contributed by atoms with Gasteiger partial charge in [-0.1, -0.05) is 0 Å². The quantitative estimate of drug-likeness (QED) is 0.486. The molecule has 0 saturated carbocycles. The van der Waals surface area contributed by atoms with Gasteiger partial charge in [-0.15, -0.1) is 0 Å². The van der Waals surface area contributed by atoms with Gasteiger partial charge < -0.3 is 5.32 Å². The van der Waals surface area contributed by atoms with Crippen LogP contribution in [-0.2, 0) is 0 Å². The first-order chi connectivity index (χ1) is 4.21. The molecule has 1 aliphatic rings. The SMILES string of the molecule is OS1(O)CCCNCC1.[HH]. The highest BCUT2D eigenvalue weighted by Crippen LogP contribution is 2.38. The molecule has 9 heavy (non-hydrogen) atoms. The molecule has 0 spiro atoms. The van der Waals surface area contributed by atoms with Gasteiger partial charge in [-0.2, -0.15) is 10.6 Å². The van der Waals surface area contributed by atoms with Crippen molar-refractivity contribution in [2.75, 3.05) is 24.6 Å². The van der Waals surface area contributed by atoms with Gasteiger partial charge in [-0.05, 0) is 13.0 Å². The molecule has 0 aromatic carbocycles. The second-order valence-electron chi connectivity index (χ2n) is 2.31. The van der Waals surface area contributed by atoms with Crippen molar-refractivity contribution >= 4 is 10.6 Å². The van der Waals surface area contributed by atoms with Crippen molar-refractivity contribution in [1.82, 2.24) is 5.32 Å². The molecule has 1 heterocycles. The Kier molecular flexibility index (Phi) is 2.35. The van der Waals surface area contributed by atoms with Crippen LogP contribution in [0.5, 0.6) is 0 Å². The van der Waals surface area contributed by atoms with E-state index >= 15 is 0 Å². The largest absolute Gasteiger partial charge is 0.315 e. The third-order valence-electron chi connectivity index (χ3n) is 1.43. The first-order valence-electron chi connectivity index (χ1n) is 3.15. The van der Waals surface area contributed by atoms with Gasteiger partial charge in [-0.3, -0.25) is 9.11 Å². The van der Waals surface area contributed by atoms with Crippen LogP contribution in [0.15, 0.2) is 0 Å². The molecule has 58 valence electrons. The molecule has 1 rings (SSSR count). The van der Waals surface area contributed by atoms with Crippen LogP contribution in [0.1, 0.15) is 7.85 Å². The Morgan fingerprint density at radius 2 is 2.00 bits per heavy atom. The molecular weight excluding hydrogens is 138 g/mol. The third-order valence-corrected chi connectivity index (χ3v) is 3.23. The Bertz CT molecular complexity index is 91.6. The first-order valence-corrected chi connectivity index (χ1v) is 5.03. The summed E-state index contributed by atoms with van der Waals surface area (Å²) in [7, 11) is -2.18. The Hall–Kier alpha value is 0.230. The second-order valence-corrected chi connectivity index (χ2v) is 4.73. The van der Waals surface area contributed by atoms with Gasteiger partial charge >= 0.3 is 0 Å². The minimum atomic E-state index is -2.18. The van der Waals surface area contributed by atoms with Crippen molar-refractivity contribution in [3.8, 4) is 0 Å². The van der Waals surface area contributed by atoms with Gasteiger partial charge in [0.05, 0.1) is 0 Å². The zero-order valence-corrected chi connectivity index (χ0v) is 6.15. The van der Waals surface area contributed by atoms with E-state index in [0.29, 0.717) is 11.5 Å². The highest BCUT2D eigenvalue weighted by molar-refractivity contribution is 8.24. The minimum Gasteiger partial charge on any atom is -0.315 e. The first kappa shape index (κ1) is 7.34. The lowest BCUT2D eigenvalue weighted by molar-refractivity contribution is 0.488. The van der Waals surface area contributed by atoms with Gasteiger partial charge in [0, 0.05) is 19.5 Å². The van der Waals surface area contributed by atoms with Gasteiger partial charge in [0.15, 0.2) is 0 Å². The summed E-state index contributed by atoms with van der Waals surface area (Å²) in [6.45, 7) is 1.68. The molecular formula is C5H15NO2S. The molecule has 0 aromatic heterocycles. The summed E-state index contributed by atoms with van der Waals surface area (Å²) in [6, 6.07) is 0. The van der Waals surface area contributed by atoms with E-state index < -0.39 is 10.6 Å². The fourth-order valence-corrected chi connectivity index (χ4v) is 2.17. The van der Waals surface area contributed by atoms with Gasteiger partial charge in [0.1, 0.15) is 0 Å². The van der Waals surface area contributed by atoms with Crippen molar-refractivity contribution in [3.63, 3.8) is 0 Å². The summed E-state index contributed by atoms with van der Waals surface area (Å²) in [5, 5.41) is 3.10. The van der Waals surface area contributed by atoms with Crippen molar-refractivity contribution in [1.29, 1.82) is 0 Å². The van der Waals surface area contributed by atoms with Crippen LogP contribution in [0.2, 0.25) is 0 Å². The molecule has 0 aliphatic carbocycles. The standard InChI is InChI=1S/C5H13NO2S.H2/c7-9(8)4-1-2-6-3-5-9;/h6-8H,1-5H2;1H. The summed E-state index contributed by atoms with van der Waals surface area (Å²) in [4.78, 5) is 0. The molecule has 3 nitrogen and oxygen atoms in total. The van der Waals surface area contributed by atoms with E-state index in [0.717, 1.165) is 19.5 Å². The van der Waals surface area contributed by atoms with E-state index in [9.17, 15) is 0 Å². The third kappa shape index (κ3) is 2.53. The Labute approximate surface area is 58.3 Å². The number of rotatable bonds is 0. The molecule has 1 aliphatic heterocycles. The maximum Gasteiger partial charge on any atom is 0.0499 e. The number of nitrogens with one attached hydrogen (secondary N) is 1. The Balaban J connectivity index is 0.000000810. The fourth-order valence-electron chi connectivity index (χ4n) is 0.891. The molecule has 3 N–H and O–H groups in total. The molecule has 4 heteroatoms. The van der Waals surface area contributed by atoms with E-state index in [1.165, 1.54) is 0 Å². The summed E-state index contributed by atoms with van der Waals surface area (Å²) >= 11 is 0. The van der Waals surface area contributed by atoms with E-state index in [4.69, 9.17) is 9.11 Å². The Morgan fingerprint density at radius 3 is 2.78 bits per heavy atom. The number of hydrogen-bond acceptors (Lipinski definition) is 3. The van der Waals surface area contributed by atoms with Crippen LogP contribution in [0.25, 0.3) is 0 Å². The van der Waals surface area contributed by atoms with Crippen LogP contribution in [0, 0.1) is 0 Å². The molecule has 0 amide bonds. The smallest absolute Gasteiger partial charge is 0.0499 e. The lowest BCUT2D eigenvalue weighted by Crippen LogP contribution is -2.17. The van der Waals surface area contributed by atoms with Crippen molar-refractivity contribution in [2.45, 2.75) is 6.42 Å². The van der Waals surface area contributed by atoms with E-state index in [2.05, 4.69) is 5.32 Å². The predicted molar refractivity (Wildman–Crippen MR) is 42.2 cm³/mol. The maximum atomic E-state index is 9.15. The zero-order valence-electron chi connectivity index (χ0n) is 5.34. The molecule has 0 aromatic rings. The van der Waals surface area contributed by atoms with Gasteiger partial charge in [0.25, 0.3) is 0 Å². The number of hydrogen-bond donors (Lipinski definition) is 3. The molecule has 1 saturated heterocycles. The molecule has 0 bridgehead atoms. The van der Waals surface area contributed by atoms with Crippen LogP contribution in [-0.4, -0.2) is 33.7 Å². The lowest BCUT2D eigenvalue weighted by Gasteiger charge is -2.29. The van der Waals surface area contributed by atoms with Crippen LogP contribution >= 0.6 is 10.6 Å². The molecule has 0 radical (unpaired) electrons. The lowest BCUT2D eigenvalue weighted by atomic mass is 10.5. The van der Waals surface area contributed by atoms with Crippen molar-refractivity contribution in [2.24, 2.45) is 0 Å². The average Bonchev–Trinajstić information content (AvgIpc) is 1.92. The van der Waals surface area contributed by atoms with E-state index in [1.54, 1.807) is 0 Å². The minimum absolute atomic E-state index is 0. The van der Waals surface area contributed by atoms with Crippen LogP contribution in [0.3, 0.4) is 0 Å². The molecule has 0 unspecified atom stereocenters. The monoisotopic (exact) mass is 153 g/mol. The molecule has 0 atom stereocenters.